The summed E-state index contributed by atoms with van der Waals surface area (Å²) in [5.74, 6) is 0.752. The zero-order valence-electron chi connectivity index (χ0n) is 21.2. The highest BCUT2D eigenvalue weighted by Crippen LogP contribution is 2.40. The smallest absolute Gasteiger partial charge is 0.165 e. The first kappa shape index (κ1) is 23.3. The molecule has 0 atom stereocenters. The minimum absolute atomic E-state index is 0.204. The molecule has 0 aliphatic rings. The second-order valence-corrected chi connectivity index (χ2v) is 9.88. The highest BCUT2D eigenvalue weighted by molar-refractivity contribution is 5.90. The predicted molar refractivity (Wildman–Crippen MR) is 134 cm³/mol. The second-order valence-electron chi connectivity index (χ2n) is 9.88. The number of benzene rings is 1. The number of fused-ring (bicyclic) bond motifs is 3. The summed E-state index contributed by atoms with van der Waals surface area (Å²) in [4.78, 5) is 5.02. The molecule has 176 valence electrons. The van der Waals surface area contributed by atoms with Crippen molar-refractivity contribution in [2.45, 2.75) is 79.9 Å². The molecule has 0 fully saturated rings. The first-order valence-corrected chi connectivity index (χ1v) is 11.9. The van der Waals surface area contributed by atoms with Crippen molar-refractivity contribution < 1.29 is 9.84 Å². The standard InChI is InChI=1S/C27H36N4O2/c1-9-20(10-2)30-12-11-21-18(5)28-25-24(19(6)29-31(25)26(21)30)23-17(4)13-16(3)14-22(23)33-15-27(7,8)32/h11-14,20,32H,9-10,15H2,1-8H3. The zero-order valence-corrected chi connectivity index (χ0v) is 21.2. The third-order valence-electron chi connectivity index (χ3n) is 6.40. The summed E-state index contributed by atoms with van der Waals surface area (Å²) in [5.41, 5.74) is 7.10. The zero-order chi connectivity index (χ0) is 24.1. The van der Waals surface area contributed by atoms with Gasteiger partial charge in [-0.05, 0) is 77.6 Å². The fraction of sp³-hybridized carbons (Fsp3) is 0.481. The molecule has 0 bridgehead atoms. The highest BCUT2D eigenvalue weighted by atomic mass is 16.5. The minimum atomic E-state index is -0.928. The number of ether oxygens (including phenoxy) is 1. The van der Waals surface area contributed by atoms with Crippen LogP contribution < -0.4 is 4.74 Å². The van der Waals surface area contributed by atoms with E-state index in [1.54, 1.807) is 13.8 Å². The molecule has 1 N–H and O–H groups in total. The molecule has 0 amide bonds. The van der Waals surface area contributed by atoms with Gasteiger partial charge in [0.05, 0.1) is 22.6 Å². The summed E-state index contributed by atoms with van der Waals surface area (Å²) >= 11 is 0. The summed E-state index contributed by atoms with van der Waals surface area (Å²) in [6.07, 6.45) is 4.28. The molecular weight excluding hydrogens is 412 g/mol. The van der Waals surface area contributed by atoms with Crippen LogP contribution in [0.3, 0.4) is 0 Å². The first-order valence-electron chi connectivity index (χ1n) is 11.9. The Labute approximate surface area is 196 Å². The molecule has 0 spiro atoms. The Balaban J connectivity index is 2.02. The summed E-state index contributed by atoms with van der Waals surface area (Å²) in [7, 11) is 0. The topological polar surface area (TPSA) is 64.6 Å². The summed E-state index contributed by atoms with van der Waals surface area (Å²) in [6, 6.07) is 6.76. The van der Waals surface area contributed by atoms with Gasteiger partial charge in [-0.15, -0.1) is 0 Å². The molecule has 1 aromatic carbocycles. The van der Waals surface area contributed by atoms with Gasteiger partial charge in [-0.25, -0.2) is 4.98 Å². The highest BCUT2D eigenvalue weighted by Gasteiger charge is 2.24. The Hall–Kier alpha value is -2.86. The Morgan fingerprint density at radius 3 is 2.36 bits per heavy atom. The third kappa shape index (κ3) is 4.12. The van der Waals surface area contributed by atoms with E-state index in [2.05, 4.69) is 57.5 Å². The van der Waals surface area contributed by atoms with Gasteiger partial charge in [-0.3, -0.25) is 0 Å². The lowest BCUT2D eigenvalue weighted by Gasteiger charge is -2.21. The van der Waals surface area contributed by atoms with Crippen molar-refractivity contribution in [3.63, 3.8) is 0 Å². The summed E-state index contributed by atoms with van der Waals surface area (Å²) < 4.78 is 10.5. The lowest BCUT2D eigenvalue weighted by molar-refractivity contribution is 0.0286. The molecule has 0 aliphatic carbocycles. The molecule has 6 nitrogen and oxygen atoms in total. The van der Waals surface area contributed by atoms with Gasteiger partial charge in [-0.1, -0.05) is 19.9 Å². The van der Waals surface area contributed by atoms with E-state index < -0.39 is 5.60 Å². The normalized spacial score (nSPS) is 12.4. The average molecular weight is 449 g/mol. The van der Waals surface area contributed by atoms with E-state index in [0.717, 1.165) is 68.9 Å². The van der Waals surface area contributed by atoms with Crippen molar-refractivity contribution in [2.24, 2.45) is 0 Å². The van der Waals surface area contributed by atoms with Gasteiger partial charge in [0.15, 0.2) is 5.65 Å². The van der Waals surface area contributed by atoms with Gasteiger partial charge >= 0.3 is 0 Å². The van der Waals surface area contributed by atoms with E-state index in [-0.39, 0.29) is 6.61 Å². The SMILES string of the molecule is CCC(CC)n1ccc2c(C)nc3c(-c4c(C)cc(C)cc4OCC(C)(C)O)c(C)nn3c21. The first-order chi connectivity index (χ1) is 15.6. The maximum absolute atomic E-state index is 10.3. The van der Waals surface area contributed by atoms with E-state index in [4.69, 9.17) is 14.8 Å². The monoisotopic (exact) mass is 448 g/mol. The molecule has 3 aromatic heterocycles. The van der Waals surface area contributed by atoms with Crippen LogP contribution in [0.2, 0.25) is 0 Å². The van der Waals surface area contributed by atoms with Crippen molar-refractivity contribution in [1.82, 2.24) is 19.2 Å². The largest absolute Gasteiger partial charge is 0.490 e. The Morgan fingerprint density at radius 1 is 1.03 bits per heavy atom. The molecule has 0 saturated carbocycles. The number of aryl methyl sites for hydroxylation is 4. The Bertz CT molecular complexity index is 1320. The quantitative estimate of drug-likeness (QED) is 0.371. The number of hydrogen-bond acceptors (Lipinski definition) is 4. The molecule has 4 aromatic rings. The van der Waals surface area contributed by atoms with E-state index in [1.807, 2.05) is 17.5 Å². The van der Waals surface area contributed by atoms with E-state index in [9.17, 15) is 5.11 Å². The van der Waals surface area contributed by atoms with Crippen LogP contribution in [-0.2, 0) is 0 Å². The Morgan fingerprint density at radius 2 is 1.73 bits per heavy atom. The molecule has 33 heavy (non-hydrogen) atoms. The predicted octanol–water partition coefficient (Wildman–Crippen LogP) is 6.10. The molecule has 0 radical (unpaired) electrons. The van der Waals surface area contributed by atoms with Crippen LogP contribution in [0.4, 0.5) is 0 Å². The number of nitrogens with zero attached hydrogens (tertiary/aromatic N) is 4. The maximum atomic E-state index is 10.3. The van der Waals surface area contributed by atoms with Crippen LogP contribution in [0.1, 0.15) is 69.1 Å². The maximum Gasteiger partial charge on any atom is 0.165 e. The fourth-order valence-electron chi connectivity index (χ4n) is 4.82. The lowest BCUT2D eigenvalue weighted by atomic mass is 9.97. The van der Waals surface area contributed by atoms with Crippen LogP contribution in [0.5, 0.6) is 5.75 Å². The average Bonchev–Trinajstić information content (AvgIpc) is 3.29. The molecular formula is C27H36N4O2. The summed E-state index contributed by atoms with van der Waals surface area (Å²) in [6.45, 7) is 16.4. The van der Waals surface area contributed by atoms with Gasteiger partial charge in [0, 0.05) is 23.2 Å². The second kappa shape index (κ2) is 8.49. The van der Waals surface area contributed by atoms with Crippen molar-refractivity contribution >= 4 is 16.7 Å². The number of aromatic nitrogens is 4. The van der Waals surface area contributed by atoms with Gasteiger partial charge in [0.2, 0.25) is 0 Å². The Kier molecular flexibility index (Phi) is 5.99. The molecule has 4 rings (SSSR count). The number of hydrogen-bond donors (Lipinski definition) is 1. The van der Waals surface area contributed by atoms with E-state index in [0.29, 0.717) is 6.04 Å². The van der Waals surface area contributed by atoms with Crippen LogP contribution in [-0.4, -0.2) is 36.5 Å². The van der Waals surface area contributed by atoms with E-state index in [1.165, 1.54) is 0 Å². The van der Waals surface area contributed by atoms with E-state index >= 15 is 0 Å². The van der Waals surface area contributed by atoms with Crippen molar-refractivity contribution in [3.8, 4) is 16.9 Å². The minimum Gasteiger partial charge on any atom is -0.490 e. The van der Waals surface area contributed by atoms with Crippen molar-refractivity contribution in [1.29, 1.82) is 0 Å². The molecule has 0 aliphatic heterocycles. The lowest BCUT2D eigenvalue weighted by Crippen LogP contribution is -2.28. The third-order valence-corrected chi connectivity index (χ3v) is 6.40. The summed E-state index contributed by atoms with van der Waals surface area (Å²) in [5, 5.41) is 16.4. The molecule has 0 saturated heterocycles. The van der Waals surface area contributed by atoms with Crippen LogP contribution in [0.25, 0.3) is 27.8 Å². The number of aliphatic hydroxyl groups is 1. The number of rotatable bonds is 7. The van der Waals surface area contributed by atoms with Gasteiger partial charge in [0.1, 0.15) is 18.0 Å². The van der Waals surface area contributed by atoms with Crippen LogP contribution >= 0.6 is 0 Å². The van der Waals surface area contributed by atoms with Gasteiger partial charge in [0.25, 0.3) is 0 Å². The van der Waals surface area contributed by atoms with Gasteiger partial charge < -0.3 is 14.4 Å². The van der Waals surface area contributed by atoms with Crippen molar-refractivity contribution in [2.75, 3.05) is 6.61 Å². The molecule has 3 heterocycles. The molecule has 0 unspecified atom stereocenters. The van der Waals surface area contributed by atoms with Crippen LogP contribution in [0, 0.1) is 27.7 Å². The van der Waals surface area contributed by atoms with Gasteiger partial charge in [-0.2, -0.15) is 9.61 Å². The van der Waals surface area contributed by atoms with Crippen molar-refractivity contribution in [3.05, 3.63) is 46.9 Å². The van der Waals surface area contributed by atoms with Crippen LogP contribution in [0.15, 0.2) is 24.4 Å². The molecule has 6 heteroatoms. The fourth-order valence-corrected chi connectivity index (χ4v) is 4.82.